The largest absolute Gasteiger partial charge is 0.469 e. The highest BCUT2D eigenvalue weighted by Crippen LogP contribution is 2.39. The van der Waals surface area contributed by atoms with Gasteiger partial charge in [0, 0.05) is 26.1 Å². The van der Waals surface area contributed by atoms with E-state index >= 15 is 0 Å². The van der Waals surface area contributed by atoms with Gasteiger partial charge in [-0.15, -0.1) is 0 Å². The summed E-state index contributed by atoms with van der Waals surface area (Å²) in [6, 6.07) is 8.23. The van der Waals surface area contributed by atoms with Crippen LogP contribution in [-0.4, -0.2) is 38.1 Å². The zero-order valence-corrected chi connectivity index (χ0v) is 13.7. The van der Waals surface area contributed by atoms with Gasteiger partial charge in [-0.05, 0) is 25.3 Å². The number of esters is 1. The molecule has 2 heterocycles. The van der Waals surface area contributed by atoms with Gasteiger partial charge in [0.05, 0.1) is 18.2 Å². The molecular formula is C18H23NO4. The van der Waals surface area contributed by atoms with Crippen LogP contribution in [-0.2, 0) is 19.1 Å². The van der Waals surface area contributed by atoms with Crippen LogP contribution in [0.5, 0.6) is 0 Å². The highest BCUT2D eigenvalue weighted by molar-refractivity contribution is 6.01. The van der Waals surface area contributed by atoms with Crippen molar-refractivity contribution in [3.8, 4) is 0 Å². The average molecular weight is 317 g/mol. The van der Waals surface area contributed by atoms with Crippen LogP contribution in [0.1, 0.15) is 36.8 Å². The van der Waals surface area contributed by atoms with Crippen LogP contribution in [0.4, 0.5) is 0 Å². The van der Waals surface area contributed by atoms with E-state index in [1.165, 1.54) is 12.7 Å². The van der Waals surface area contributed by atoms with E-state index in [-0.39, 0.29) is 12.1 Å². The number of hydrogen-bond donors (Lipinski definition) is 0. The monoisotopic (exact) mass is 317 g/mol. The molecule has 3 rings (SSSR count). The lowest BCUT2D eigenvalue weighted by Gasteiger charge is -2.35. The minimum Gasteiger partial charge on any atom is -0.469 e. The van der Waals surface area contributed by atoms with Crippen molar-refractivity contribution in [1.29, 1.82) is 0 Å². The Hall–Kier alpha value is -1.88. The molecular weight excluding hydrogens is 294 g/mol. The van der Waals surface area contributed by atoms with E-state index in [1.54, 1.807) is 0 Å². The number of benzene rings is 1. The van der Waals surface area contributed by atoms with Crippen LogP contribution in [0.2, 0.25) is 0 Å². The van der Waals surface area contributed by atoms with E-state index < -0.39 is 5.41 Å². The number of carbonyl (C=O) groups excluding carboxylic acids is 1. The van der Waals surface area contributed by atoms with Gasteiger partial charge in [0.2, 0.25) is 0 Å². The summed E-state index contributed by atoms with van der Waals surface area (Å²) in [7, 11) is 1.45. The van der Waals surface area contributed by atoms with E-state index in [4.69, 9.17) is 14.3 Å². The van der Waals surface area contributed by atoms with Gasteiger partial charge in [0.1, 0.15) is 6.10 Å². The minimum atomic E-state index is -0.505. The maximum atomic E-state index is 12.3. The summed E-state index contributed by atoms with van der Waals surface area (Å²) in [6.45, 7) is 3.24. The minimum absolute atomic E-state index is 0.0808. The van der Waals surface area contributed by atoms with Crippen LogP contribution >= 0.6 is 0 Å². The maximum Gasteiger partial charge on any atom is 0.312 e. The molecule has 0 amide bonds. The number of carbonyl (C=O) groups is 1. The fourth-order valence-electron chi connectivity index (χ4n) is 3.44. The SMILES string of the molecule is COC(=O)C1(C[C@H]2CC(c3cccc(C)c3)=NO2)CCOCC1. The number of rotatable bonds is 4. The average Bonchev–Trinajstić information content (AvgIpc) is 3.03. The first-order valence-electron chi connectivity index (χ1n) is 8.09. The number of ether oxygens (including phenoxy) is 2. The van der Waals surface area contributed by atoms with E-state index in [9.17, 15) is 4.79 Å². The maximum absolute atomic E-state index is 12.3. The lowest BCUT2D eigenvalue weighted by Crippen LogP contribution is -2.41. The molecule has 0 unspecified atom stereocenters. The third kappa shape index (κ3) is 3.39. The molecule has 2 aliphatic heterocycles. The Morgan fingerprint density at radius 2 is 2.17 bits per heavy atom. The third-order valence-electron chi connectivity index (χ3n) is 4.77. The van der Waals surface area contributed by atoms with Crippen molar-refractivity contribution in [3.63, 3.8) is 0 Å². The van der Waals surface area contributed by atoms with Crippen LogP contribution < -0.4 is 0 Å². The van der Waals surface area contributed by atoms with Crippen molar-refractivity contribution in [1.82, 2.24) is 0 Å². The highest BCUT2D eigenvalue weighted by atomic mass is 16.6. The Bertz CT molecular complexity index is 605. The molecule has 124 valence electrons. The quantitative estimate of drug-likeness (QED) is 0.801. The molecule has 1 saturated heterocycles. The van der Waals surface area contributed by atoms with Crippen molar-refractivity contribution >= 4 is 11.7 Å². The fraction of sp³-hybridized carbons (Fsp3) is 0.556. The summed E-state index contributed by atoms with van der Waals surface area (Å²) in [5.74, 6) is -0.159. The second-order valence-corrected chi connectivity index (χ2v) is 6.43. The molecule has 1 aromatic rings. The van der Waals surface area contributed by atoms with Crippen molar-refractivity contribution in [2.45, 2.75) is 38.7 Å². The summed E-state index contributed by atoms with van der Waals surface area (Å²) >= 11 is 0. The number of methoxy groups -OCH3 is 1. The van der Waals surface area contributed by atoms with Crippen LogP contribution in [0, 0.1) is 12.3 Å². The normalized spacial score (nSPS) is 23.0. The van der Waals surface area contributed by atoms with Crippen molar-refractivity contribution in [3.05, 3.63) is 35.4 Å². The first-order valence-corrected chi connectivity index (χ1v) is 8.09. The second-order valence-electron chi connectivity index (χ2n) is 6.43. The van der Waals surface area contributed by atoms with Crippen LogP contribution in [0.3, 0.4) is 0 Å². The molecule has 0 saturated carbocycles. The second kappa shape index (κ2) is 6.71. The number of hydrogen-bond acceptors (Lipinski definition) is 5. The Balaban J connectivity index is 1.68. The van der Waals surface area contributed by atoms with Gasteiger partial charge >= 0.3 is 5.97 Å². The topological polar surface area (TPSA) is 57.1 Å². The molecule has 0 N–H and O–H groups in total. The fourth-order valence-corrected chi connectivity index (χ4v) is 3.44. The molecule has 23 heavy (non-hydrogen) atoms. The Morgan fingerprint density at radius 3 is 2.87 bits per heavy atom. The van der Waals surface area contributed by atoms with Gasteiger partial charge < -0.3 is 14.3 Å². The van der Waals surface area contributed by atoms with E-state index in [0.29, 0.717) is 32.5 Å². The zero-order valence-electron chi connectivity index (χ0n) is 13.7. The summed E-state index contributed by atoms with van der Waals surface area (Å²) < 4.78 is 10.5. The Morgan fingerprint density at radius 1 is 1.39 bits per heavy atom. The molecule has 1 aromatic carbocycles. The Kier molecular flexibility index (Phi) is 4.66. The molecule has 0 bridgehead atoms. The molecule has 5 nitrogen and oxygen atoms in total. The van der Waals surface area contributed by atoms with E-state index in [1.807, 2.05) is 12.1 Å². The highest BCUT2D eigenvalue weighted by Gasteiger charge is 2.44. The van der Waals surface area contributed by atoms with Gasteiger partial charge in [0.25, 0.3) is 0 Å². The van der Waals surface area contributed by atoms with E-state index in [2.05, 4.69) is 24.2 Å². The van der Waals surface area contributed by atoms with Gasteiger partial charge in [-0.25, -0.2) is 0 Å². The zero-order chi connectivity index (χ0) is 16.3. The smallest absolute Gasteiger partial charge is 0.312 e. The number of aryl methyl sites for hydroxylation is 1. The predicted octanol–water partition coefficient (Wildman–Crippen LogP) is 2.85. The molecule has 2 aliphatic rings. The van der Waals surface area contributed by atoms with Gasteiger partial charge in [-0.2, -0.15) is 0 Å². The Labute approximate surface area is 136 Å². The van der Waals surface area contributed by atoms with E-state index in [0.717, 1.165) is 17.7 Å². The molecule has 5 heteroatoms. The molecule has 1 fully saturated rings. The first kappa shape index (κ1) is 16.0. The number of nitrogens with zero attached hydrogens (tertiary/aromatic N) is 1. The van der Waals surface area contributed by atoms with Crippen molar-refractivity contribution in [2.75, 3.05) is 20.3 Å². The lowest BCUT2D eigenvalue weighted by molar-refractivity contribution is -0.162. The molecule has 0 spiro atoms. The summed E-state index contributed by atoms with van der Waals surface area (Å²) in [5.41, 5.74) is 2.73. The lowest BCUT2D eigenvalue weighted by atomic mass is 9.75. The van der Waals surface area contributed by atoms with Gasteiger partial charge in [0.15, 0.2) is 0 Å². The van der Waals surface area contributed by atoms with Crippen LogP contribution in [0.15, 0.2) is 29.4 Å². The van der Waals surface area contributed by atoms with Gasteiger partial charge in [-0.3, -0.25) is 4.79 Å². The molecule has 1 atom stereocenters. The standard InChI is InChI=1S/C18H23NO4/c1-13-4-3-5-14(10-13)16-11-15(23-19-16)12-18(17(20)21-2)6-8-22-9-7-18/h3-5,10,15H,6-9,11-12H2,1-2H3/t15-/m1/s1. The van der Waals surface area contributed by atoms with Gasteiger partial charge in [-0.1, -0.05) is 35.0 Å². The summed E-state index contributed by atoms with van der Waals surface area (Å²) in [6.07, 6.45) is 2.63. The van der Waals surface area contributed by atoms with Crippen molar-refractivity contribution in [2.24, 2.45) is 10.6 Å². The molecule has 0 aromatic heterocycles. The number of oxime groups is 1. The van der Waals surface area contributed by atoms with Crippen molar-refractivity contribution < 1.29 is 19.1 Å². The molecule has 0 aliphatic carbocycles. The summed E-state index contributed by atoms with van der Waals surface area (Å²) in [4.78, 5) is 17.9. The first-order chi connectivity index (χ1) is 11.1. The predicted molar refractivity (Wildman–Crippen MR) is 86.3 cm³/mol. The third-order valence-corrected chi connectivity index (χ3v) is 4.77. The van der Waals surface area contributed by atoms with Crippen LogP contribution in [0.25, 0.3) is 0 Å². The summed E-state index contributed by atoms with van der Waals surface area (Å²) in [5, 5.41) is 4.24. The molecule has 0 radical (unpaired) electrons.